The zero-order valence-corrected chi connectivity index (χ0v) is 18.4. The third kappa shape index (κ3) is 3.19. The Bertz CT molecular complexity index is 1090. The highest BCUT2D eigenvalue weighted by molar-refractivity contribution is 6.15. The first-order valence-electron chi connectivity index (χ1n) is 10.8. The molecular formula is C25H26O7. The van der Waals surface area contributed by atoms with Gasteiger partial charge in [-0.15, -0.1) is 0 Å². The van der Waals surface area contributed by atoms with Crippen LogP contribution in [0.15, 0.2) is 30.0 Å². The van der Waals surface area contributed by atoms with Gasteiger partial charge in [0.05, 0.1) is 26.9 Å². The Labute approximate surface area is 186 Å². The third-order valence-corrected chi connectivity index (χ3v) is 6.60. The summed E-state index contributed by atoms with van der Waals surface area (Å²) in [5, 5.41) is 11.0. The number of aliphatic hydroxyl groups is 1. The van der Waals surface area contributed by atoms with Crippen LogP contribution in [0.1, 0.15) is 47.2 Å². The molecule has 2 aromatic carbocycles. The molecule has 2 heterocycles. The van der Waals surface area contributed by atoms with Gasteiger partial charge in [-0.2, -0.15) is 0 Å². The van der Waals surface area contributed by atoms with Crippen LogP contribution >= 0.6 is 0 Å². The number of methoxy groups -OCH3 is 3. The Balaban J connectivity index is 1.51. The third-order valence-electron chi connectivity index (χ3n) is 6.60. The molecule has 2 unspecified atom stereocenters. The molecule has 2 aliphatic heterocycles. The SMILES string of the molecule is COc1cc(/C=C2\Oc3c(ccc4c3CC3CCCCC3(O)O4)C2=O)cc(OC)c1OC. The average Bonchev–Trinajstić information content (AvgIpc) is 3.12. The molecule has 7 nitrogen and oxygen atoms in total. The Kier molecular flexibility index (Phi) is 5.01. The van der Waals surface area contributed by atoms with Crippen molar-refractivity contribution in [1.82, 2.24) is 0 Å². The van der Waals surface area contributed by atoms with Crippen molar-refractivity contribution in [2.75, 3.05) is 21.3 Å². The molecule has 5 rings (SSSR count). The van der Waals surface area contributed by atoms with Gasteiger partial charge >= 0.3 is 0 Å². The van der Waals surface area contributed by atoms with Crippen LogP contribution in [-0.4, -0.2) is 38.0 Å². The molecule has 0 amide bonds. The van der Waals surface area contributed by atoms with Crippen molar-refractivity contribution in [1.29, 1.82) is 0 Å². The highest BCUT2D eigenvalue weighted by atomic mass is 16.6. The fourth-order valence-electron chi connectivity index (χ4n) is 4.95. The Morgan fingerprint density at radius 1 is 1.09 bits per heavy atom. The van der Waals surface area contributed by atoms with Crippen molar-refractivity contribution < 1.29 is 33.6 Å². The lowest BCUT2D eigenvalue weighted by molar-refractivity contribution is -0.204. The van der Waals surface area contributed by atoms with Crippen LogP contribution in [0.2, 0.25) is 0 Å². The molecule has 0 radical (unpaired) electrons. The van der Waals surface area contributed by atoms with E-state index in [2.05, 4.69) is 0 Å². The predicted octanol–water partition coefficient (Wildman–Crippen LogP) is 4.14. The number of carbonyl (C=O) groups excluding carboxylic acids is 1. The van der Waals surface area contributed by atoms with E-state index in [-0.39, 0.29) is 17.5 Å². The number of hydrogen-bond acceptors (Lipinski definition) is 7. The normalized spacial score (nSPS) is 24.7. The lowest BCUT2D eigenvalue weighted by atomic mass is 9.77. The van der Waals surface area contributed by atoms with Gasteiger partial charge in [0.25, 0.3) is 0 Å². The quantitative estimate of drug-likeness (QED) is 0.718. The smallest absolute Gasteiger partial charge is 0.231 e. The molecule has 168 valence electrons. The second kappa shape index (κ2) is 7.74. The zero-order chi connectivity index (χ0) is 22.5. The molecule has 1 saturated carbocycles. The molecule has 2 atom stereocenters. The summed E-state index contributed by atoms with van der Waals surface area (Å²) >= 11 is 0. The van der Waals surface area contributed by atoms with E-state index in [9.17, 15) is 9.90 Å². The first-order valence-corrected chi connectivity index (χ1v) is 10.8. The number of benzene rings is 2. The van der Waals surface area contributed by atoms with Gasteiger partial charge in [0, 0.05) is 17.9 Å². The van der Waals surface area contributed by atoms with Crippen LogP contribution in [0, 0.1) is 5.92 Å². The molecule has 32 heavy (non-hydrogen) atoms. The van der Waals surface area contributed by atoms with Crippen molar-refractivity contribution in [2.24, 2.45) is 5.92 Å². The van der Waals surface area contributed by atoms with Crippen LogP contribution in [0.25, 0.3) is 6.08 Å². The lowest BCUT2D eigenvalue weighted by Gasteiger charge is -2.43. The fourth-order valence-corrected chi connectivity index (χ4v) is 4.95. The van der Waals surface area contributed by atoms with E-state index < -0.39 is 5.79 Å². The average molecular weight is 438 g/mol. The number of hydrogen-bond donors (Lipinski definition) is 1. The first kappa shape index (κ1) is 20.7. The molecule has 1 aliphatic carbocycles. The van der Waals surface area contributed by atoms with Crippen LogP contribution < -0.4 is 23.7 Å². The topological polar surface area (TPSA) is 83.5 Å². The lowest BCUT2D eigenvalue weighted by Crippen LogP contribution is -2.49. The molecule has 3 aliphatic rings. The molecule has 0 saturated heterocycles. The summed E-state index contributed by atoms with van der Waals surface area (Å²) in [5.41, 5.74) is 2.04. The Morgan fingerprint density at radius 3 is 2.53 bits per heavy atom. The number of ether oxygens (including phenoxy) is 5. The van der Waals surface area contributed by atoms with Crippen LogP contribution in [0.5, 0.6) is 28.7 Å². The van der Waals surface area contributed by atoms with Gasteiger partial charge in [-0.25, -0.2) is 0 Å². The molecular weight excluding hydrogens is 412 g/mol. The van der Waals surface area contributed by atoms with Crippen LogP contribution in [-0.2, 0) is 6.42 Å². The van der Waals surface area contributed by atoms with E-state index in [4.69, 9.17) is 23.7 Å². The predicted molar refractivity (Wildman–Crippen MR) is 117 cm³/mol. The summed E-state index contributed by atoms with van der Waals surface area (Å²) in [4.78, 5) is 13.1. The molecule has 1 fully saturated rings. The minimum atomic E-state index is -1.13. The summed E-state index contributed by atoms with van der Waals surface area (Å²) in [5.74, 6) is 1.46. The number of allylic oxidation sites excluding steroid dienone is 1. The first-order chi connectivity index (χ1) is 15.5. The minimum absolute atomic E-state index is 0.00269. The summed E-state index contributed by atoms with van der Waals surface area (Å²) in [6.45, 7) is 0. The summed E-state index contributed by atoms with van der Waals surface area (Å²) in [7, 11) is 4.62. The van der Waals surface area contributed by atoms with Gasteiger partial charge in [0.15, 0.2) is 17.3 Å². The van der Waals surface area contributed by atoms with E-state index in [1.54, 1.807) is 44.6 Å². The van der Waals surface area contributed by atoms with Gasteiger partial charge in [-0.05, 0) is 55.2 Å². The van der Waals surface area contributed by atoms with E-state index in [0.717, 1.165) is 24.8 Å². The number of rotatable bonds is 4. The van der Waals surface area contributed by atoms with Crippen LogP contribution in [0.4, 0.5) is 0 Å². The van der Waals surface area contributed by atoms with Gasteiger partial charge in [-0.1, -0.05) is 6.42 Å². The summed E-state index contributed by atoms with van der Waals surface area (Å²) in [6.07, 6.45) is 5.82. The molecule has 0 spiro atoms. The van der Waals surface area contributed by atoms with Gasteiger partial charge in [-0.3, -0.25) is 4.79 Å². The number of fused-ring (bicyclic) bond motifs is 4. The highest BCUT2D eigenvalue weighted by Crippen LogP contribution is 2.49. The van der Waals surface area contributed by atoms with E-state index >= 15 is 0 Å². The summed E-state index contributed by atoms with van der Waals surface area (Å²) < 4.78 is 28.3. The summed E-state index contributed by atoms with van der Waals surface area (Å²) in [6, 6.07) is 6.99. The molecule has 0 aromatic heterocycles. The second-order valence-electron chi connectivity index (χ2n) is 8.41. The highest BCUT2D eigenvalue weighted by Gasteiger charge is 2.47. The zero-order valence-electron chi connectivity index (χ0n) is 18.4. The maximum Gasteiger partial charge on any atom is 0.231 e. The van der Waals surface area contributed by atoms with Gasteiger partial charge in [0.1, 0.15) is 11.5 Å². The molecule has 0 bridgehead atoms. The fraction of sp³-hybridized carbons (Fsp3) is 0.400. The van der Waals surface area contributed by atoms with E-state index in [1.807, 2.05) is 0 Å². The molecule has 7 heteroatoms. The number of carbonyl (C=O) groups is 1. The van der Waals surface area contributed by atoms with Crippen molar-refractivity contribution in [3.63, 3.8) is 0 Å². The van der Waals surface area contributed by atoms with Gasteiger partial charge in [0.2, 0.25) is 17.3 Å². The van der Waals surface area contributed by atoms with E-state index in [0.29, 0.717) is 52.7 Å². The maximum atomic E-state index is 13.1. The van der Waals surface area contributed by atoms with Crippen molar-refractivity contribution in [3.05, 3.63) is 46.7 Å². The van der Waals surface area contributed by atoms with Crippen molar-refractivity contribution in [2.45, 2.75) is 37.9 Å². The largest absolute Gasteiger partial charge is 0.493 e. The van der Waals surface area contributed by atoms with Gasteiger partial charge < -0.3 is 28.8 Å². The second-order valence-corrected chi connectivity index (χ2v) is 8.41. The van der Waals surface area contributed by atoms with Crippen molar-refractivity contribution >= 4 is 11.9 Å². The minimum Gasteiger partial charge on any atom is -0.493 e. The van der Waals surface area contributed by atoms with Crippen molar-refractivity contribution in [3.8, 4) is 28.7 Å². The Morgan fingerprint density at radius 2 is 1.84 bits per heavy atom. The Hall–Kier alpha value is -3.19. The van der Waals surface area contributed by atoms with E-state index in [1.165, 1.54) is 7.11 Å². The standard InChI is InChI=1S/C25H26O7/c1-28-20-11-14(12-21(29-2)24(20)30-3)10-19-22(26)16-7-8-18-17(23(16)31-19)13-15-6-4-5-9-25(15,27)32-18/h7-8,10-12,15,27H,4-6,9,13H2,1-3H3/b19-10-. The maximum absolute atomic E-state index is 13.1. The van der Waals surface area contributed by atoms with Crippen LogP contribution in [0.3, 0.4) is 0 Å². The number of ketones is 1. The molecule has 2 aromatic rings. The number of Topliss-reactive ketones (excluding diaryl/α,β-unsaturated/α-hetero) is 1. The monoisotopic (exact) mass is 438 g/mol. The molecule has 1 N–H and O–H groups in total.